The maximum atomic E-state index is 12.9. The zero-order valence-corrected chi connectivity index (χ0v) is 21.3. The van der Waals surface area contributed by atoms with Gasteiger partial charge in [-0.2, -0.15) is 0 Å². The molecule has 0 spiro atoms. The molecule has 0 heterocycles. The van der Waals surface area contributed by atoms with Crippen molar-refractivity contribution in [1.82, 2.24) is 0 Å². The molecular weight excluding hydrogens is 444 g/mol. The Hall–Kier alpha value is -3.85. The smallest absolute Gasteiger partial charge is 0.316 e. The predicted molar refractivity (Wildman–Crippen MR) is 144 cm³/mol. The Kier molecular flexibility index (Phi) is 5.96. The molecule has 0 radical (unpaired) electrons. The SMILES string of the molecule is CCCC(C)(C)C(=O)Oc1ccc(C2(c3ccc(O)cc3)c3ccccc3-c3ccccc32)cc1C. The Bertz CT molecular complexity index is 1380. The molecule has 5 rings (SSSR count). The highest BCUT2D eigenvalue weighted by atomic mass is 16.5. The first kappa shape index (κ1) is 23.9. The van der Waals surface area contributed by atoms with E-state index in [4.69, 9.17) is 4.74 Å². The largest absolute Gasteiger partial charge is 0.508 e. The second-order valence-electron chi connectivity index (χ2n) is 10.4. The second kappa shape index (κ2) is 8.98. The number of carbonyl (C=O) groups is 1. The van der Waals surface area contributed by atoms with Crippen LogP contribution in [0.5, 0.6) is 11.5 Å². The molecule has 3 nitrogen and oxygen atoms in total. The molecule has 36 heavy (non-hydrogen) atoms. The van der Waals surface area contributed by atoms with Gasteiger partial charge >= 0.3 is 5.97 Å². The van der Waals surface area contributed by atoms with E-state index in [-0.39, 0.29) is 11.7 Å². The van der Waals surface area contributed by atoms with Crippen LogP contribution in [0.3, 0.4) is 0 Å². The fraction of sp³-hybridized carbons (Fsp3) is 0.242. The standard InChI is InChI=1S/C33H32O3/c1-5-20-32(3,4)31(35)36-30-19-16-24(21-22(30)2)33(23-14-17-25(34)18-15-23)28-12-8-6-10-26(28)27-11-7-9-13-29(27)33/h6-19,21,34H,5,20H2,1-4H3. The Morgan fingerprint density at radius 3 is 1.94 bits per heavy atom. The summed E-state index contributed by atoms with van der Waals surface area (Å²) in [6.45, 7) is 7.95. The van der Waals surface area contributed by atoms with Crippen LogP contribution in [-0.2, 0) is 10.2 Å². The number of aryl methyl sites for hydroxylation is 1. The molecule has 3 heteroatoms. The van der Waals surface area contributed by atoms with Gasteiger partial charge in [0.1, 0.15) is 11.5 Å². The van der Waals surface area contributed by atoms with Crippen LogP contribution in [0.2, 0.25) is 0 Å². The Labute approximate surface area is 213 Å². The lowest BCUT2D eigenvalue weighted by Gasteiger charge is -2.34. The normalized spacial score (nSPS) is 13.7. The maximum absolute atomic E-state index is 12.9. The minimum Gasteiger partial charge on any atom is -0.508 e. The summed E-state index contributed by atoms with van der Waals surface area (Å²) in [5, 5.41) is 10.1. The van der Waals surface area contributed by atoms with Crippen LogP contribution in [0, 0.1) is 12.3 Å². The first-order valence-electron chi connectivity index (χ1n) is 12.6. The average Bonchev–Trinajstić information content (AvgIpc) is 3.17. The number of hydrogen-bond donors (Lipinski definition) is 1. The minimum atomic E-state index is -0.560. The zero-order chi connectivity index (χ0) is 25.5. The van der Waals surface area contributed by atoms with Crippen molar-refractivity contribution in [3.8, 4) is 22.6 Å². The van der Waals surface area contributed by atoms with Crippen molar-refractivity contribution in [3.05, 3.63) is 119 Å². The highest BCUT2D eigenvalue weighted by Crippen LogP contribution is 2.56. The number of ether oxygens (including phenoxy) is 1. The van der Waals surface area contributed by atoms with Gasteiger partial charge in [-0.25, -0.2) is 0 Å². The van der Waals surface area contributed by atoms with Crippen LogP contribution in [0.25, 0.3) is 11.1 Å². The fourth-order valence-corrected chi connectivity index (χ4v) is 5.70. The van der Waals surface area contributed by atoms with Gasteiger partial charge in [0.2, 0.25) is 0 Å². The van der Waals surface area contributed by atoms with E-state index in [1.165, 1.54) is 22.3 Å². The third-order valence-corrected chi connectivity index (χ3v) is 7.49. The van der Waals surface area contributed by atoms with Gasteiger partial charge < -0.3 is 9.84 Å². The van der Waals surface area contributed by atoms with Gasteiger partial charge in [-0.15, -0.1) is 0 Å². The number of aromatic hydroxyl groups is 1. The number of phenols is 1. The van der Waals surface area contributed by atoms with Crippen molar-refractivity contribution >= 4 is 5.97 Å². The van der Waals surface area contributed by atoms with Gasteiger partial charge in [0.05, 0.1) is 10.8 Å². The Morgan fingerprint density at radius 1 is 0.833 bits per heavy atom. The molecule has 0 aromatic heterocycles. The van der Waals surface area contributed by atoms with Gasteiger partial charge in [0, 0.05) is 0 Å². The summed E-state index contributed by atoms with van der Waals surface area (Å²) in [7, 11) is 0. The maximum Gasteiger partial charge on any atom is 0.316 e. The van der Waals surface area contributed by atoms with Crippen LogP contribution in [0.15, 0.2) is 91.0 Å². The van der Waals surface area contributed by atoms with Crippen LogP contribution in [-0.4, -0.2) is 11.1 Å². The zero-order valence-electron chi connectivity index (χ0n) is 21.3. The summed E-state index contributed by atoms with van der Waals surface area (Å²) in [6, 6.07) is 30.7. The van der Waals surface area contributed by atoms with Crippen LogP contribution >= 0.6 is 0 Å². The lowest BCUT2D eigenvalue weighted by atomic mass is 9.67. The summed E-state index contributed by atoms with van der Waals surface area (Å²) >= 11 is 0. The number of fused-ring (bicyclic) bond motifs is 3. The summed E-state index contributed by atoms with van der Waals surface area (Å²) in [5.41, 5.74) is 6.79. The van der Waals surface area contributed by atoms with Crippen molar-refractivity contribution < 1.29 is 14.6 Å². The molecule has 0 unspecified atom stereocenters. The fourth-order valence-electron chi connectivity index (χ4n) is 5.70. The number of hydrogen-bond acceptors (Lipinski definition) is 3. The molecular formula is C33H32O3. The molecule has 1 aliphatic rings. The average molecular weight is 477 g/mol. The van der Waals surface area contributed by atoms with Crippen LogP contribution < -0.4 is 4.74 Å². The molecule has 0 amide bonds. The van der Waals surface area contributed by atoms with Crippen LogP contribution in [0.4, 0.5) is 0 Å². The van der Waals surface area contributed by atoms with Gasteiger partial charge in [0.25, 0.3) is 0 Å². The number of benzene rings is 4. The molecule has 0 bridgehead atoms. The van der Waals surface area contributed by atoms with Crippen molar-refractivity contribution in [2.75, 3.05) is 0 Å². The molecule has 0 aliphatic heterocycles. The third kappa shape index (κ3) is 3.71. The molecule has 182 valence electrons. The number of phenolic OH excluding ortho intramolecular Hbond substituents is 1. The number of rotatable bonds is 6. The summed E-state index contributed by atoms with van der Waals surface area (Å²) in [5.74, 6) is 0.625. The van der Waals surface area contributed by atoms with Gasteiger partial charge in [-0.1, -0.05) is 86.1 Å². The molecule has 0 saturated carbocycles. The first-order chi connectivity index (χ1) is 17.3. The van der Waals surface area contributed by atoms with E-state index in [2.05, 4.69) is 67.6 Å². The van der Waals surface area contributed by atoms with E-state index in [1.807, 2.05) is 39.0 Å². The summed E-state index contributed by atoms with van der Waals surface area (Å²) < 4.78 is 5.90. The number of carbonyl (C=O) groups excluding carboxylic acids is 1. The molecule has 1 aliphatic carbocycles. The minimum absolute atomic E-state index is 0.204. The molecule has 0 atom stereocenters. The quantitative estimate of drug-likeness (QED) is 0.201. The lowest BCUT2D eigenvalue weighted by Crippen LogP contribution is -2.30. The van der Waals surface area contributed by atoms with Crippen molar-refractivity contribution in [3.63, 3.8) is 0 Å². The molecule has 0 fully saturated rings. The summed E-state index contributed by atoms with van der Waals surface area (Å²) in [4.78, 5) is 12.9. The Balaban J connectivity index is 1.70. The van der Waals surface area contributed by atoms with Crippen LogP contribution in [0.1, 0.15) is 61.4 Å². The van der Waals surface area contributed by atoms with E-state index >= 15 is 0 Å². The number of esters is 1. The topological polar surface area (TPSA) is 46.5 Å². The first-order valence-corrected chi connectivity index (χ1v) is 12.6. The molecule has 4 aromatic rings. The lowest BCUT2D eigenvalue weighted by molar-refractivity contribution is -0.144. The van der Waals surface area contributed by atoms with Gasteiger partial charge in [-0.3, -0.25) is 4.79 Å². The van der Waals surface area contributed by atoms with Crippen molar-refractivity contribution in [1.29, 1.82) is 0 Å². The van der Waals surface area contributed by atoms with E-state index in [1.54, 1.807) is 12.1 Å². The highest BCUT2D eigenvalue weighted by Gasteiger charge is 2.46. The van der Waals surface area contributed by atoms with E-state index in [0.29, 0.717) is 5.75 Å². The molecule has 4 aromatic carbocycles. The second-order valence-corrected chi connectivity index (χ2v) is 10.4. The summed E-state index contributed by atoms with van der Waals surface area (Å²) in [6.07, 6.45) is 1.70. The monoisotopic (exact) mass is 476 g/mol. The van der Waals surface area contributed by atoms with Gasteiger partial charge in [-0.05, 0) is 84.3 Å². The van der Waals surface area contributed by atoms with Gasteiger partial charge in [0.15, 0.2) is 0 Å². The third-order valence-electron chi connectivity index (χ3n) is 7.49. The predicted octanol–water partition coefficient (Wildman–Crippen LogP) is 7.80. The molecule has 0 saturated heterocycles. The van der Waals surface area contributed by atoms with E-state index < -0.39 is 10.8 Å². The Morgan fingerprint density at radius 2 is 1.39 bits per heavy atom. The van der Waals surface area contributed by atoms with Crippen molar-refractivity contribution in [2.24, 2.45) is 5.41 Å². The van der Waals surface area contributed by atoms with Crippen molar-refractivity contribution in [2.45, 2.75) is 46.0 Å². The van der Waals surface area contributed by atoms with E-state index in [0.717, 1.165) is 29.5 Å². The van der Waals surface area contributed by atoms with E-state index in [9.17, 15) is 9.90 Å². The molecule has 1 N–H and O–H groups in total. The highest BCUT2D eigenvalue weighted by molar-refractivity contribution is 5.86.